The number of fused-ring (bicyclic) bond motifs is 1. The van der Waals surface area contributed by atoms with Crippen LogP contribution in [0.4, 0.5) is 0 Å². The Kier molecular flexibility index (Phi) is 4.46. The van der Waals surface area contributed by atoms with Gasteiger partial charge in [-0.2, -0.15) is 0 Å². The number of allylic oxidation sites excluding steroid dienone is 1. The van der Waals surface area contributed by atoms with E-state index in [1.54, 1.807) is 4.90 Å². The zero-order valence-electron chi connectivity index (χ0n) is 32.4. The van der Waals surface area contributed by atoms with Crippen LogP contribution in [0.15, 0.2) is 54.6 Å². The molecule has 290 valence electrons. The minimum atomic E-state index is -1.77. The highest BCUT2D eigenvalue weighted by molar-refractivity contribution is 6.64. The highest BCUT2D eigenvalue weighted by atomic mass is 16.5. The molecular formula is C52H26BNO8. The maximum absolute atomic E-state index is 14.3. The fourth-order valence-electron chi connectivity index (χ4n) is 16.1. The summed E-state index contributed by atoms with van der Waals surface area (Å²) in [5.41, 5.74) is 9.89. The van der Waals surface area contributed by atoms with Crippen molar-refractivity contribution >= 4 is 144 Å². The largest absolute Gasteiger partial charge is 0.488 e. The zero-order valence-corrected chi connectivity index (χ0v) is 32.4. The number of likely N-dealkylation sites (tertiary alicyclic amines) is 1. The number of ether oxygens (including phenoxy) is 1. The first-order chi connectivity index (χ1) is 30.2. The van der Waals surface area contributed by atoms with E-state index in [1.165, 1.54) is 144 Å². The second-order valence-electron chi connectivity index (χ2n) is 19.5. The van der Waals surface area contributed by atoms with Crippen LogP contribution in [0.5, 0.6) is 0 Å². The van der Waals surface area contributed by atoms with E-state index in [9.17, 15) is 34.6 Å². The van der Waals surface area contributed by atoms with Gasteiger partial charge in [-0.3, -0.25) is 14.5 Å². The van der Waals surface area contributed by atoms with Gasteiger partial charge in [0.2, 0.25) is 0 Å². The molecule has 9 nitrogen and oxygen atoms in total. The third-order valence-electron chi connectivity index (χ3n) is 17.4. The van der Waals surface area contributed by atoms with Crippen LogP contribution < -0.4 is 5.46 Å². The normalized spacial score (nSPS) is 22.9. The number of rotatable bonds is 7. The lowest BCUT2D eigenvalue weighted by Crippen LogP contribution is -2.50. The van der Waals surface area contributed by atoms with Crippen LogP contribution in [0, 0.1) is 0 Å². The van der Waals surface area contributed by atoms with Crippen molar-refractivity contribution in [2.45, 2.75) is 42.7 Å². The number of carboxylic acid groups (broad SMARTS) is 2. The van der Waals surface area contributed by atoms with Crippen molar-refractivity contribution in [3.63, 3.8) is 0 Å². The van der Waals surface area contributed by atoms with E-state index in [-0.39, 0.29) is 24.2 Å². The molecule has 0 bridgehead atoms. The lowest BCUT2D eigenvalue weighted by molar-refractivity contribution is -0.147. The lowest BCUT2D eigenvalue weighted by Gasteiger charge is -2.39. The van der Waals surface area contributed by atoms with Crippen LogP contribution in [0.1, 0.15) is 60.8 Å². The van der Waals surface area contributed by atoms with Crippen LogP contribution >= 0.6 is 0 Å². The number of nitrogens with zero attached hydrogens (tertiary/aromatic N) is 1. The summed E-state index contributed by atoms with van der Waals surface area (Å²) >= 11 is 0. The monoisotopic (exact) mass is 803 g/mol. The molecule has 12 aromatic carbocycles. The van der Waals surface area contributed by atoms with E-state index in [1.807, 2.05) is 0 Å². The Hall–Kier alpha value is -6.85. The first kappa shape index (κ1) is 31.1. The number of carbonyl (C=O) groups excluding carboxylic acids is 1. The Morgan fingerprint density at radius 1 is 0.645 bits per heavy atom. The number of benzene rings is 8. The van der Waals surface area contributed by atoms with E-state index in [0.29, 0.717) is 6.42 Å². The topological polar surface area (TPSA) is 145 Å². The number of carboxylic acids is 2. The van der Waals surface area contributed by atoms with E-state index < -0.39 is 48.4 Å². The van der Waals surface area contributed by atoms with Crippen molar-refractivity contribution in [1.29, 1.82) is 0 Å². The Labute approximate surface area is 347 Å². The Morgan fingerprint density at radius 3 is 1.90 bits per heavy atom. The highest BCUT2D eigenvalue weighted by Crippen LogP contribution is 2.73. The summed E-state index contributed by atoms with van der Waals surface area (Å²) in [6.45, 7) is -0.400. The Balaban J connectivity index is 0.992. The van der Waals surface area contributed by atoms with Gasteiger partial charge in [0.25, 0.3) is 0 Å². The van der Waals surface area contributed by atoms with Crippen LogP contribution in [-0.4, -0.2) is 75.4 Å². The number of esters is 1. The summed E-state index contributed by atoms with van der Waals surface area (Å²) < 4.78 is 5.75. The average Bonchev–Trinajstić information content (AvgIpc) is 4.10. The summed E-state index contributed by atoms with van der Waals surface area (Å²) in [6, 6.07) is 12.9. The number of carbonyl (C=O) groups is 3. The minimum absolute atomic E-state index is 0.104. The molecule has 18 rings (SSSR count). The predicted octanol–water partition coefficient (Wildman–Crippen LogP) is 7.14. The van der Waals surface area contributed by atoms with Gasteiger partial charge in [0.15, 0.2) is 0 Å². The molecule has 62 heavy (non-hydrogen) atoms. The fraction of sp³-hybridized carbons (Fsp3) is 0.173. The predicted molar refractivity (Wildman–Crippen MR) is 238 cm³/mol. The molecule has 6 aliphatic rings. The second-order valence-corrected chi connectivity index (χ2v) is 19.5. The SMILES string of the molecule is O=C(OCCN1C(C(=O)O)C2c3cc4cc5c6c4c4c3c3c7c8c9c%10c(cc%11c%12c%13c(cc(c%14c%13c%13c(c%12%10)c9c3c4c%13c6%14)C5)C%11)CC8=CC72C1C(=O)O)c1cccc(B(O)O)c1. The Bertz CT molecular complexity index is 4320. The molecule has 1 spiro atoms. The minimum Gasteiger partial charge on any atom is -0.480 e. The van der Waals surface area contributed by atoms with Crippen molar-refractivity contribution in [3.05, 3.63) is 105 Å². The molecule has 0 radical (unpaired) electrons. The van der Waals surface area contributed by atoms with Crippen LogP contribution in [0.2, 0.25) is 0 Å². The first-order valence-electron chi connectivity index (χ1n) is 21.5. The summed E-state index contributed by atoms with van der Waals surface area (Å²) in [6.07, 6.45) is 4.57. The Morgan fingerprint density at radius 2 is 1.23 bits per heavy atom. The molecule has 0 amide bonds. The van der Waals surface area contributed by atoms with E-state index in [2.05, 4.69) is 30.3 Å². The smallest absolute Gasteiger partial charge is 0.480 e. The van der Waals surface area contributed by atoms with Crippen LogP contribution in [0.3, 0.4) is 0 Å². The van der Waals surface area contributed by atoms with Gasteiger partial charge in [-0.1, -0.05) is 42.5 Å². The average molecular weight is 804 g/mol. The molecular weight excluding hydrogens is 777 g/mol. The number of hydrogen-bond donors (Lipinski definition) is 4. The van der Waals surface area contributed by atoms with Crippen molar-refractivity contribution in [2.24, 2.45) is 0 Å². The van der Waals surface area contributed by atoms with Crippen molar-refractivity contribution in [2.75, 3.05) is 13.2 Å². The van der Waals surface area contributed by atoms with Gasteiger partial charge in [0.1, 0.15) is 18.7 Å². The lowest BCUT2D eigenvalue weighted by atomic mass is 9.61. The number of aliphatic carboxylic acids is 2. The molecule has 10 heteroatoms. The molecule has 12 aromatic rings. The van der Waals surface area contributed by atoms with Gasteiger partial charge in [-0.05, 0) is 195 Å². The molecule has 1 saturated heterocycles. The molecule has 0 saturated carbocycles. The van der Waals surface area contributed by atoms with E-state index in [4.69, 9.17) is 4.74 Å². The summed E-state index contributed by atoms with van der Waals surface area (Å²) in [5, 5.41) is 68.6. The molecule has 1 aliphatic heterocycles. The molecule has 4 N–H and O–H groups in total. The first-order valence-corrected chi connectivity index (χ1v) is 21.5. The van der Waals surface area contributed by atoms with Gasteiger partial charge in [0.05, 0.1) is 11.0 Å². The third kappa shape index (κ3) is 2.68. The third-order valence-corrected chi connectivity index (χ3v) is 17.4. The molecule has 5 aliphatic carbocycles. The summed E-state index contributed by atoms with van der Waals surface area (Å²) in [7, 11) is -1.77. The fourth-order valence-corrected chi connectivity index (χ4v) is 16.1. The van der Waals surface area contributed by atoms with Crippen LogP contribution in [0.25, 0.3) is 113 Å². The molecule has 1 heterocycles. The molecule has 0 aromatic heterocycles. The maximum atomic E-state index is 14.3. The highest BCUT2D eigenvalue weighted by Gasteiger charge is 2.69. The van der Waals surface area contributed by atoms with Gasteiger partial charge in [0, 0.05) is 12.5 Å². The van der Waals surface area contributed by atoms with E-state index >= 15 is 0 Å². The summed E-state index contributed by atoms with van der Waals surface area (Å²) in [4.78, 5) is 43.4. The summed E-state index contributed by atoms with van der Waals surface area (Å²) in [5.74, 6) is -3.70. The second kappa shape index (κ2) is 8.90. The maximum Gasteiger partial charge on any atom is 0.488 e. The van der Waals surface area contributed by atoms with Crippen molar-refractivity contribution in [1.82, 2.24) is 4.90 Å². The quantitative estimate of drug-likeness (QED) is 0.0751. The van der Waals surface area contributed by atoms with Crippen LogP contribution in [-0.2, 0) is 39.0 Å². The van der Waals surface area contributed by atoms with E-state index in [0.717, 1.165) is 51.3 Å². The zero-order chi connectivity index (χ0) is 40.6. The van der Waals surface area contributed by atoms with Gasteiger partial charge >= 0.3 is 25.0 Å². The van der Waals surface area contributed by atoms with Gasteiger partial charge in [-0.25, -0.2) is 4.79 Å². The molecule has 4 atom stereocenters. The van der Waals surface area contributed by atoms with Gasteiger partial charge in [-0.15, -0.1) is 0 Å². The number of hydrogen-bond acceptors (Lipinski definition) is 7. The van der Waals surface area contributed by atoms with Crippen molar-refractivity contribution < 1.29 is 39.4 Å². The van der Waals surface area contributed by atoms with Gasteiger partial charge < -0.3 is 25.0 Å². The standard InChI is InChI=1S/C52H26BNO8/c55-49(56)47-45-24-13-21-10-18-8-19-7-16-6-17-9-20-11-22-14-52(45,48(50(57)58)54(47)4-5-62-51(59)15-2-1-3-23(12-15)53(60)61)46-31(22)36-30(20)35-26(17)25(16)33-29(19)34-27(18)28(21)37-32(24)44(46)43-41(36)39(35)38(33)40(34)42(37)43/h1-3,7,9-10,12-14,45,47-48,60-61H,4-6,8,11H2,(H,55,56)(H,57,58). The molecule has 4 unspecified atom stereocenters. The molecule has 1 fully saturated rings. The van der Waals surface area contributed by atoms with Crippen molar-refractivity contribution in [3.8, 4) is 0 Å².